The molecule has 1 saturated heterocycles. The molecule has 0 spiro atoms. The Morgan fingerprint density at radius 3 is 2.45 bits per heavy atom. The quantitative estimate of drug-likeness (QED) is 0.175. The number of amides is 1. The van der Waals surface area contributed by atoms with Gasteiger partial charge in [-0.25, -0.2) is 9.82 Å². The molecule has 1 atom stereocenters. The Morgan fingerprint density at radius 2 is 1.95 bits per heavy atom. The molecule has 2 aromatic rings. The predicted molar refractivity (Wildman–Crippen MR) is 161 cm³/mol. The van der Waals surface area contributed by atoms with E-state index in [1.54, 1.807) is 19.2 Å². The van der Waals surface area contributed by atoms with Gasteiger partial charge in [-0.15, -0.1) is 6.58 Å². The van der Waals surface area contributed by atoms with E-state index in [2.05, 4.69) is 41.5 Å². The molecule has 3 N–H and O–H groups in total. The van der Waals surface area contributed by atoms with Crippen molar-refractivity contribution in [3.05, 3.63) is 70.0 Å². The van der Waals surface area contributed by atoms with Crippen molar-refractivity contribution in [2.45, 2.75) is 59.4 Å². The molecule has 3 rings (SSSR count). The molecule has 2 aromatic carbocycles. The van der Waals surface area contributed by atoms with Crippen LogP contribution < -0.4 is 25.8 Å². The molecular formula is C29H41Cl2FN4O4. The lowest BCUT2D eigenvalue weighted by Crippen LogP contribution is -2.41. The number of anilines is 1. The zero-order chi connectivity index (χ0) is 30.5. The molecular weight excluding hydrogens is 558 g/mol. The third-order valence-electron chi connectivity index (χ3n) is 5.52. The normalized spacial score (nSPS) is 15.2. The van der Waals surface area contributed by atoms with Crippen molar-refractivity contribution in [1.82, 2.24) is 16.2 Å². The monoisotopic (exact) mass is 598 g/mol. The minimum Gasteiger partial charge on any atom is -0.489 e. The van der Waals surface area contributed by atoms with Crippen LogP contribution in [0, 0.1) is 5.82 Å². The maximum absolute atomic E-state index is 13.6. The van der Waals surface area contributed by atoms with Gasteiger partial charge in [0.25, 0.3) is 5.91 Å². The number of rotatable bonds is 10. The number of hydrazine groups is 1. The highest BCUT2D eigenvalue weighted by Crippen LogP contribution is 2.29. The summed E-state index contributed by atoms with van der Waals surface area (Å²) in [5, 5.41) is 3.92. The predicted octanol–water partition coefficient (Wildman–Crippen LogP) is 6.03. The Kier molecular flexibility index (Phi) is 15.2. The van der Waals surface area contributed by atoms with Crippen LogP contribution in [0.3, 0.4) is 0 Å². The molecule has 11 heteroatoms. The Bertz CT molecular complexity index is 1130. The number of halogens is 3. The van der Waals surface area contributed by atoms with E-state index in [-0.39, 0.29) is 34.9 Å². The van der Waals surface area contributed by atoms with Crippen molar-refractivity contribution < 1.29 is 23.5 Å². The van der Waals surface area contributed by atoms with E-state index in [0.29, 0.717) is 36.1 Å². The average molecular weight is 600 g/mol. The van der Waals surface area contributed by atoms with E-state index in [1.807, 2.05) is 39.8 Å². The van der Waals surface area contributed by atoms with Gasteiger partial charge in [0, 0.05) is 36.8 Å². The summed E-state index contributed by atoms with van der Waals surface area (Å²) in [7, 11) is 1.64. The van der Waals surface area contributed by atoms with Crippen LogP contribution in [-0.4, -0.2) is 56.8 Å². The number of carbonyl (C=O) groups is 2. The summed E-state index contributed by atoms with van der Waals surface area (Å²) in [5.74, 6) is -0.789. The van der Waals surface area contributed by atoms with Crippen LogP contribution in [-0.2, 0) is 4.74 Å². The summed E-state index contributed by atoms with van der Waals surface area (Å²) >= 11 is 12.1. The summed E-state index contributed by atoms with van der Waals surface area (Å²) in [6.45, 7) is 17.2. The number of ether oxygens (including phenoxy) is 2. The number of hydrogen-bond donors (Lipinski definition) is 3. The van der Waals surface area contributed by atoms with E-state index in [4.69, 9.17) is 32.7 Å². The van der Waals surface area contributed by atoms with Gasteiger partial charge >= 0.3 is 0 Å². The van der Waals surface area contributed by atoms with Crippen LogP contribution in [0.2, 0.25) is 10.0 Å². The molecule has 1 aliphatic heterocycles. The SMILES string of the molecule is C=CCN(c1ccc(C(=O)NNC)cc1Cl)C(C)C.CC.CC1(C)NC(COc2cc(Cl)c(C=O)cc2F)CO1. The zero-order valence-electron chi connectivity index (χ0n) is 24.2. The summed E-state index contributed by atoms with van der Waals surface area (Å²) in [6, 6.07) is 7.94. The van der Waals surface area contributed by atoms with E-state index < -0.39 is 11.5 Å². The fourth-order valence-corrected chi connectivity index (χ4v) is 4.19. The highest BCUT2D eigenvalue weighted by Gasteiger charge is 2.31. The van der Waals surface area contributed by atoms with Crippen molar-refractivity contribution in [1.29, 1.82) is 0 Å². The maximum Gasteiger partial charge on any atom is 0.265 e. The molecule has 0 radical (unpaired) electrons. The average Bonchev–Trinajstić information content (AvgIpc) is 3.27. The molecule has 1 unspecified atom stereocenters. The number of nitrogens with one attached hydrogen (secondary N) is 3. The molecule has 1 aliphatic rings. The molecule has 40 heavy (non-hydrogen) atoms. The van der Waals surface area contributed by atoms with Gasteiger partial charge in [-0.2, -0.15) is 0 Å². The van der Waals surface area contributed by atoms with E-state index >= 15 is 0 Å². The zero-order valence-corrected chi connectivity index (χ0v) is 25.8. The Hall–Kier alpha value is -2.69. The Morgan fingerprint density at radius 1 is 1.27 bits per heavy atom. The van der Waals surface area contributed by atoms with Crippen LogP contribution in [0.5, 0.6) is 5.75 Å². The second-order valence-corrected chi connectivity index (χ2v) is 10.1. The number of hydrogen-bond acceptors (Lipinski definition) is 7. The lowest BCUT2D eigenvalue weighted by atomic mass is 10.1. The van der Waals surface area contributed by atoms with Crippen molar-refractivity contribution in [3.8, 4) is 5.75 Å². The third-order valence-corrected chi connectivity index (χ3v) is 6.15. The van der Waals surface area contributed by atoms with Gasteiger partial charge in [0.15, 0.2) is 17.9 Å². The third kappa shape index (κ3) is 10.7. The van der Waals surface area contributed by atoms with E-state index in [9.17, 15) is 14.0 Å². The van der Waals surface area contributed by atoms with Crippen LogP contribution in [0.15, 0.2) is 43.0 Å². The largest absolute Gasteiger partial charge is 0.489 e. The molecule has 0 bridgehead atoms. The second kappa shape index (κ2) is 17.2. The Balaban J connectivity index is 0.000000377. The topological polar surface area (TPSA) is 91.9 Å². The van der Waals surface area contributed by atoms with Gasteiger partial charge in [0.1, 0.15) is 12.3 Å². The number of carbonyl (C=O) groups excluding carboxylic acids is 2. The van der Waals surface area contributed by atoms with Gasteiger partial charge < -0.3 is 14.4 Å². The lowest BCUT2D eigenvalue weighted by Gasteiger charge is -2.28. The van der Waals surface area contributed by atoms with Gasteiger partial charge in [-0.05, 0) is 52.0 Å². The molecule has 0 saturated carbocycles. The van der Waals surface area contributed by atoms with Crippen LogP contribution in [0.4, 0.5) is 10.1 Å². The van der Waals surface area contributed by atoms with E-state index in [1.165, 1.54) is 6.07 Å². The smallest absolute Gasteiger partial charge is 0.265 e. The first-order valence-corrected chi connectivity index (χ1v) is 13.8. The van der Waals surface area contributed by atoms with Crippen LogP contribution >= 0.6 is 23.2 Å². The summed E-state index contributed by atoms with van der Waals surface area (Å²) < 4.78 is 24.5. The molecule has 222 valence electrons. The van der Waals surface area contributed by atoms with Crippen molar-refractivity contribution >= 4 is 41.1 Å². The molecule has 8 nitrogen and oxygen atoms in total. The fraction of sp³-hybridized carbons (Fsp3) is 0.448. The summed E-state index contributed by atoms with van der Waals surface area (Å²) in [4.78, 5) is 24.4. The molecule has 0 aromatic heterocycles. The van der Waals surface area contributed by atoms with Gasteiger partial charge in [-0.3, -0.25) is 20.3 Å². The van der Waals surface area contributed by atoms with Crippen LogP contribution in [0.1, 0.15) is 62.3 Å². The molecule has 1 fully saturated rings. The molecule has 0 aliphatic carbocycles. The van der Waals surface area contributed by atoms with Crippen molar-refractivity contribution in [2.75, 3.05) is 31.7 Å². The van der Waals surface area contributed by atoms with E-state index in [0.717, 1.165) is 11.8 Å². The van der Waals surface area contributed by atoms with Crippen molar-refractivity contribution in [3.63, 3.8) is 0 Å². The maximum atomic E-state index is 13.6. The highest BCUT2D eigenvalue weighted by molar-refractivity contribution is 6.33. The fourth-order valence-electron chi connectivity index (χ4n) is 3.70. The summed E-state index contributed by atoms with van der Waals surface area (Å²) in [5.41, 5.74) is 6.23. The Labute approximate surface area is 247 Å². The van der Waals surface area contributed by atoms with Gasteiger partial charge in [0.05, 0.1) is 28.4 Å². The standard InChI is InChI=1S/C14H20ClN3O.C13H15ClFNO3.C2H6/c1-5-8-18(10(2)3)13-7-6-11(9-12(13)15)14(19)17-16-4;1-13(2)16-9(7-19-13)6-18-12-4-10(14)8(5-17)3-11(12)15;1-2/h5-7,9-10,16H,1,8H2,2-4H3,(H,17,19);3-5,9,16H,6-7H2,1-2H3;1-2H3. The number of nitrogens with zero attached hydrogens (tertiary/aromatic N) is 1. The minimum atomic E-state index is -0.607. The first-order valence-electron chi connectivity index (χ1n) is 13.0. The van der Waals surface area contributed by atoms with Gasteiger partial charge in [-0.1, -0.05) is 43.1 Å². The highest BCUT2D eigenvalue weighted by atomic mass is 35.5. The van der Waals surface area contributed by atoms with Crippen LogP contribution in [0.25, 0.3) is 0 Å². The minimum absolute atomic E-state index is 0.0149. The first-order chi connectivity index (χ1) is 18.9. The lowest BCUT2D eigenvalue weighted by molar-refractivity contribution is 0.0230. The summed E-state index contributed by atoms with van der Waals surface area (Å²) in [6.07, 6.45) is 2.34. The number of aldehydes is 1. The van der Waals surface area contributed by atoms with Gasteiger partial charge in [0.2, 0.25) is 0 Å². The molecule has 1 heterocycles. The van der Waals surface area contributed by atoms with Crippen molar-refractivity contribution in [2.24, 2.45) is 0 Å². The first kappa shape index (κ1) is 35.3. The second-order valence-electron chi connectivity index (χ2n) is 9.30. The number of benzene rings is 2. The molecule has 1 amide bonds.